The molecule has 2 aromatic rings. The topological polar surface area (TPSA) is 64.5 Å². The number of hydrogen-bond donors (Lipinski definition) is 1. The standard InChI is InChI=1S/C21H17ClF9N3O2.ClH/c1-34(2,9-17(35)32-13-3-4-16(22)15(8-13)21(29,30)31)10-18(36)33-14-6-11(19(23,24)25)5-12(7-14)20(26,27)28;/h3-8H,9-10H2,1-2H3,(H-,32,33,35,36);1H. The third-order valence-corrected chi connectivity index (χ3v) is 4.85. The molecule has 0 aromatic heterocycles. The fourth-order valence-electron chi connectivity index (χ4n) is 3.01. The molecule has 2 aromatic carbocycles. The first-order valence-corrected chi connectivity index (χ1v) is 10.1. The van der Waals surface area contributed by atoms with E-state index in [9.17, 15) is 49.4 Å². The van der Waals surface area contributed by atoms with E-state index in [-0.39, 0.29) is 36.3 Å². The highest BCUT2D eigenvalue weighted by Crippen LogP contribution is 2.38. The molecule has 0 spiro atoms. The molecule has 206 valence electrons. The van der Waals surface area contributed by atoms with Gasteiger partial charge in [0.15, 0.2) is 6.54 Å². The largest absolute Gasteiger partial charge is 0.858 e. The van der Waals surface area contributed by atoms with Gasteiger partial charge in [-0.2, -0.15) is 39.5 Å². The summed E-state index contributed by atoms with van der Waals surface area (Å²) in [5.41, 5.74) is -5.62. The predicted octanol–water partition coefficient (Wildman–Crippen LogP) is 5.92. The van der Waals surface area contributed by atoms with Gasteiger partial charge in [-0.15, -0.1) is 12.4 Å². The molecule has 0 aliphatic rings. The minimum atomic E-state index is -5.13. The molecule has 5 nitrogen and oxygen atoms in total. The highest BCUT2D eigenvalue weighted by Gasteiger charge is 2.37. The molecule has 37 heavy (non-hydrogen) atoms. The first-order valence-electron chi connectivity index (χ1n) is 9.70. The highest BCUT2D eigenvalue weighted by molar-refractivity contribution is 6.31. The number of quaternary nitrogens is 1. The number of alkyl halides is 9. The first-order chi connectivity index (χ1) is 16.2. The molecule has 0 saturated heterocycles. The lowest BCUT2D eigenvalue weighted by Gasteiger charge is -2.31. The van der Waals surface area contributed by atoms with Gasteiger partial charge >= 0.3 is 18.5 Å². The zero-order chi connectivity index (χ0) is 27.7. The number of carbonyl (C=O) groups is 1. The van der Waals surface area contributed by atoms with E-state index in [2.05, 4.69) is 10.3 Å². The van der Waals surface area contributed by atoms with Gasteiger partial charge in [-0.25, -0.2) is 0 Å². The van der Waals surface area contributed by atoms with E-state index in [4.69, 9.17) is 11.6 Å². The summed E-state index contributed by atoms with van der Waals surface area (Å²) in [6.45, 7) is -1.12. The van der Waals surface area contributed by atoms with Gasteiger partial charge in [0.2, 0.25) is 0 Å². The molecule has 0 bridgehead atoms. The fraction of sp³-hybridized carbons (Fsp3) is 0.333. The van der Waals surface area contributed by atoms with Crippen LogP contribution in [0.4, 0.5) is 50.9 Å². The molecule has 0 aliphatic carbocycles. The Morgan fingerprint density at radius 3 is 1.86 bits per heavy atom. The summed E-state index contributed by atoms with van der Waals surface area (Å²) < 4.78 is 116. The third kappa shape index (κ3) is 9.59. The Hall–Kier alpha value is -2.71. The van der Waals surface area contributed by atoms with Crippen LogP contribution in [0.5, 0.6) is 0 Å². The second kappa shape index (κ2) is 11.4. The van der Waals surface area contributed by atoms with Crippen LogP contribution in [0, 0.1) is 0 Å². The summed E-state index contributed by atoms with van der Waals surface area (Å²) in [5.74, 6) is -1.97. The molecule has 0 atom stereocenters. The SMILES string of the molecule is C[N+](C)(CC(=O)Nc1ccc(Cl)c(C(F)(F)F)c1)CC([O-])=Nc1cc(C(F)(F)F)cc(C(F)(F)F)c1.Cl. The summed E-state index contributed by atoms with van der Waals surface area (Å²) >= 11 is 5.51. The van der Waals surface area contributed by atoms with Crippen LogP contribution in [-0.2, 0) is 23.3 Å². The zero-order valence-electron chi connectivity index (χ0n) is 18.8. The van der Waals surface area contributed by atoms with Crippen molar-refractivity contribution < 1.29 is 53.9 Å². The minimum Gasteiger partial charge on any atom is -0.858 e. The summed E-state index contributed by atoms with van der Waals surface area (Å²) in [7, 11) is 2.65. The van der Waals surface area contributed by atoms with Crippen LogP contribution in [0.2, 0.25) is 5.02 Å². The Balaban J connectivity index is 0.00000684. The van der Waals surface area contributed by atoms with Gasteiger partial charge in [-0.3, -0.25) is 9.79 Å². The van der Waals surface area contributed by atoms with Crippen molar-refractivity contribution in [1.29, 1.82) is 0 Å². The Bertz CT molecular complexity index is 1130. The maximum absolute atomic E-state index is 13.0. The van der Waals surface area contributed by atoms with Crippen molar-refractivity contribution in [2.75, 3.05) is 32.5 Å². The Morgan fingerprint density at radius 2 is 1.41 bits per heavy atom. The number of rotatable bonds is 6. The van der Waals surface area contributed by atoms with Crippen molar-refractivity contribution in [2.24, 2.45) is 4.99 Å². The normalized spacial score (nSPS) is 13.2. The summed E-state index contributed by atoms with van der Waals surface area (Å²) in [4.78, 5) is 15.6. The van der Waals surface area contributed by atoms with E-state index >= 15 is 0 Å². The van der Waals surface area contributed by atoms with Gasteiger partial charge < -0.3 is 14.9 Å². The monoisotopic (exact) mass is 585 g/mol. The van der Waals surface area contributed by atoms with E-state index < -0.39 is 75.3 Å². The average Bonchev–Trinajstić information content (AvgIpc) is 2.65. The van der Waals surface area contributed by atoms with Gasteiger partial charge in [0.1, 0.15) is 6.54 Å². The number of halogens is 11. The van der Waals surface area contributed by atoms with Crippen molar-refractivity contribution in [3.63, 3.8) is 0 Å². The first kappa shape index (κ1) is 32.3. The molecule has 0 radical (unpaired) electrons. The molecule has 1 amide bonds. The van der Waals surface area contributed by atoms with Gasteiger partial charge in [0.05, 0.1) is 41.5 Å². The van der Waals surface area contributed by atoms with Gasteiger partial charge in [0.25, 0.3) is 5.91 Å². The van der Waals surface area contributed by atoms with Crippen LogP contribution in [0.25, 0.3) is 0 Å². The van der Waals surface area contributed by atoms with Crippen LogP contribution < -0.4 is 10.4 Å². The third-order valence-electron chi connectivity index (χ3n) is 4.52. The molecule has 2 rings (SSSR count). The van der Waals surface area contributed by atoms with Crippen LogP contribution in [0.3, 0.4) is 0 Å². The Morgan fingerprint density at radius 1 is 0.892 bits per heavy atom. The number of aliphatic imine (C=N–C) groups is 1. The van der Waals surface area contributed by atoms with Crippen molar-refractivity contribution in [3.05, 3.63) is 58.1 Å². The number of amides is 1. The second-order valence-electron chi connectivity index (χ2n) is 8.26. The van der Waals surface area contributed by atoms with E-state index in [1.807, 2.05) is 0 Å². The maximum Gasteiger partial charge on any atom is 0.417 e. The Kier molecular flexibility index (Phi) is 9.92. The molecule has 0 unspecified atom stereocenters. The minimum absolute atomic E-state index is 0. The van der Waals surface area contributed by atoms with Crippen molar-refractivity contribution in [3.8, 4) is 0 Å². The summed E-state index contributed by atoms with van der Waals surface area (Å²) in [5, 5.41) is 13.9. The molecule has 1 N–H and O–H groups in total. The second-order valence-corrected chi connectivity index (χ2v) is 8.67. The van der Waals surface area contributed by atoms with Crippen molar-refractivity contribution >= 4 is 47.2 Å². The predicted molar refractivity (Wildman–Crippen MR) is 118 cm³/mol. The number of hydrogen-bond acceptors (Lipinski definition) is 3. The number of carbonyl (C=O) groups excluding carboxylic acids is 1. The molecule has 16 heteroatoms. The molecule has 0 heterocycles. The lowest BCUT2D eigenvalue weighted by atomic mass is 10.1. The lowest BCUT2D eigenvalue weighted by molar-refractivity contribution is -0.875. The van der Waals surface area contributed by atoms with E-state index in [0.29, 0.717) is 6.07 Å². The van der Waals surface area contributed by atoms with Crippen LogP contribution >= 0.6 is 24.0 Å². The summed E-state index contributed by atoms with van der Waals surface area (Å²) in [6, 6.07) is 3.08. The van der Waals surface area contributed by atoms with Gasteiger partial charge in [0, 0.05) is 11.6 Å². The fourth-order valence-corrected chi connectivity index (χ4v) is 3.24. The summed E-state index contributed by atoms with van der Waals surface area (Å²) in [6.07, 6.45) is -15.0. The van der Waals surface area contributed by atoms with E-state index in [1.165, 1.54) is 14.1 Å². The number of likely N-dealkylation sites (N-methyl/N-ethyl adjacent to an activating group) is 1. The van der Waals surface area contributed by atoms with Gasteiger partial charge in [-0.1, -0.05) is 11.6 Å². The zero-order valence-corrected chi connectivity index (χ0v) is 20.3. The van der Waals surface area contributed by atoms with Gasteiger partial charge in [-0.05, 0) is 36.4 Å². The molecule has 0 aliphatic heterocycles. The average molecular weight is 586 g/mol. The molecule has 0 saturated carbocycles. The number of nitrogens with one attached hydrogen (secondary N) is 1. The van der Waals surface area contributed by atoms with Crippen molar-refractivity contribution in [1.82, 2.24) is 0 Å². The molecular formula is C21H18Cl2F9N3O2. The van der Waals surface area contributed by atoms with E-state index in [0.717, 1.165) is 12.1 Å². The van der Waals surface area contributed by atoms with Crippen molar-refractivity contribution in [2.45, 2.75) is 18.5 Å². The highest BCUT2D eigenvalue weighted by atomic mass is 35.5. The van der Waals surface area contributed by atoms with Crippen LogP contribution in [-0.4, -0.2) is 43.5 Å². The quantitative estimate of drug-likeness (QED) is 0.198. The van der Waals surface area contributed by atoms with E-state index in [1.54, 1.807) is 0 Å². The van der Waals surface area contributed by atoms with Crippen LogP contribution in [0.15, 0.2) is 41.4 Å². The lowest BCUT2D eigenvalue weighted by Crippen LogP contribution is -2.51. The number of benzene rings is 2. The molecule has 0 fully saturated rings. The number of anilines is 1. The molecular weight excluding hydrogens is 568 g/mol. The number of nitrogens with zero attached hydrogens (tertiary/aromatic N) is 2. The maximum atomic E-state index is 13.0. The van der Waals surface area contributed by atoms with Crippen LogP contribution in [0.1, 0.15) is 16.7 Å². The smallest absolute Gasteiger partial charge is 0.417 e. The Labute approximate surface area is 215 Å².